The van der Waals surface area contributed by atoms with E-state index in [1.165, 1.54) is 0 Å². The predicted octanol–water partition coefficient (Wildman–Crippen LogP) is 1.75. The average Bonchev–Trinajstić information content (AvgIpc) is 3.10. The summed E-state index contributed by atoms with van der Waals surface area (Å²) in [6.45, 7) is 6.29. The second kappa shape index (κ2) is 5.42. The second-order valence-corrected chi connectivity index (χ2v) is 6.74. The van der Waals surface area contributed by atoms with Gasteiger partial charge in [0.1, 0.15) is 0 Å². The summed E-state index contributed by atoms with van der Waals surface area (Å²) in [7, 11) is 0. The van der Waals surface area contributed by atoms with E-state index in [1.54, 1.807) is 18.3 Å². The number of thiazole rings is 1. The molecule has 0 bridgehead atoms. The maximum atomic E-state index is 11.4. The molecular formula is C14H20N2O3S. The van der Waals surface area contributed by atoms with Gasteiger partial charge in [0.15, 0.2) is 0 Å². The van der Waals surface area contributed by atoms with Gasteiger partial charge in [-0.05, 0) is 13.3 Å². The third-order valence-electron chi connectivity index (χ3n) is 4.07. The van der Waals surface area contributed by atoms with E-state index in [1.807, 2.05) is 17.2 Å². The Morgan fingerprint density at radius 3 is 3.20 bits per heavy atom. The number of aromatic nitrogens is 1. The lowest BCUT2D eigenvalue weighted by Crippen LogP contribution is -2.35. The van der Waals surface area contributed by atoms with Crippen LogP contribution in [0.25, 0.3) is 0 Å². The highest BCUT2D eigenvalue weighted by atomic mass is 32.1. The van der Waals surface area contributed by atoms with Crippen LogP contribution in [0.5, 0.6) is 0 Å². The molecule has 2 fully saturated rings. The van der Waals surface area contributed by atoms with E-state index in [-0.39, 0.29) is 17.6 Å². The standard InChI is InChI=1S/C14H20N2O3S/c1-10-15-12(8-20-10)6-18-13-5-14(19-7-13)3-4-16(9-14)11(2)17/h8,13H,3-7,9H2,1-2H3. The average molecular weight is 296 g/mol. The predicted molar refractivity (Wildman–Crippen MR) is 75.6 cm³/mol. The summed E-state index contributed by atoms with van der Waals surface area (Å²) in [5.41, 5.74) is 0.819. The maximum absolute atomic E-state index is 11.4. The highest BCUT2D eigenvalue weighted by molar-refractivity contribution is 7.09. The van der Waals surface area contributed by atoms with Gasteiger partial charge in [0.25, 0.3) is 0 Å². The van der Waals surface area contributed by atoms with E-state index in [9.17, 15) is 4.79 Å². The van der Waals surface area contributed by atoms with E-state index in [4.69, 9.17) is 9.47 Å². The number of nitrogens with zero attached hydrogens (tertiary/aromatic N) is 2. The summed E-state index contributed by atoms with van der Waals surface area (Å²) in [5, 5.41) is 3.10. The van der Waals surface area contributed by atoms with Gasteiger partial charge >= 0.3 is 0 Å². The van der Waals surface area contributed by atoms with Gasteiger partial charge < -0.3 is 14.4 Å². The highest BCUT2D eigenvalue weighted by Crippen LogP contribution is 2.36. The van der Waals surface area contributed by atoms with Crippen LogP contribution < -0.4 is 0 Å². The molecule has 2 aliphatic heterocycles. The van der Waals surface area contributed by atoms with Crippen molar-refractivity contribution in [3.05, 3.63) is 16.1 Å². The van der Waals surface area contributed by atoms with Crippen molar-refractivity contribution in [3.8, 4) is 0 Å². The molecule has 1 amide bonds. The molecule has 3 heterocycles. The molecule has 0 N–H and O–H groups in total. The largest absolute Gasteiger partial charge is 0.370 e. The molecule has 110 valence electrons. The van der Waals surface area contributed by atoms with Crippen LogP contribution in [0.3, 0.4) is 0 Å². The van der Waals surface area contributed by atoms with Crippen LogP contribution in [0.1, 0.15) is 30.5 Å². The number of aryl methyl sites for hydroxylation is 1. The van der Waals surface area contributed by atoms with Crippen LogP contribution in [0.2, 0.25) is 0 Å². The summed E-state index contributed by atoms with van der Waals surface area (Å²) in [4.78, 5) is 17.7. The summed E-state index contributed by atoms with van der Waals surface area (Å²) < 4.78 is 11.9. The van der Waals surface area contributed by atoms with Gasteiger partial charge in [-0.3, -0.25) is 4.79 Å². The van der Waals surface area contributed by atoms with Crippen molar-refractivity contribution in [2.24, 2.45) is 0 Å². The normalized spacial score (nSPS) is 29.5. The van der Waals surface area contributed by atoms with Crippen molar-refractivity contribution in [1.82, 2.24) is 9.88 Å². The Morgan fingerprint density at radius 2 is 2.55 bits per heavy atom. The number of carbonyl (C=O) groups excluding carboxylic acids is 1. The molecule has 2 aliphatic rings. The molecule has 0 aliphatic carbocycles. The molecule has 1 aromatic rings. The molecule has 0 saturated carbocycles. The van der Waals surface area contributed by atoms with Crippen molar-refractivity contribution in [2.75, 3.05) is 19.7 Å². The zero-order chi connectivity index (χ0) is 14.2. The van der Waals surface area contributed by atoms with Crippen LogP contribution in [0, 0.1) is 6.92 Å². The molecule has 20 heavy (non-hydrogen) atoms. The SMILES string of the molecule is CC(=O)N1CCC2(CC(OCc3csc(C)n3)CO2)C1. The smallest absolute Gasteiger partial charge is 0.219 e. The molecule has 0 aromatic carbocycles. The Labute approximate surface area is 122 Å². The molecule has 3 rings (SSSR count). The number of likely N-dealkylation sites (tertiary alicyclic amines) is 1. The highest BCUT2D eigenvalue weighted by Gasteiger charge is 2.46. The third kappa shape index (κ3) is 2.87. The fraction of sp³-hybridized carbons (Fsp3) is 0.714. The maximum Gasteiger partial charge on any atom is 0.219 e. The topological polar surface area (TPSA) is 51.7 Å². The Kier molecular flexibility index (Phi) is 3.79. The molecule has 2 unspecified atom stereocenters. The lowest BCUT2D eigenvalue weighted by molar-refractivity contribution is -0.128. The number of hydrogen-bond donors (Lipinski definition) is 0. The first kappa shape index (κ1) is 14.0. The Hall–Kier alpha value is -0.980. The monoisotopic (exact) mass is 296 g/mol. The first-order chi connectivity index (χ1) is 9.56. The van der Waals surface area contributed by atoms with Crippen molar-refractivity contribution in [2.45, 2.75) is 45.0 Å². The number of ether oxygens (including phenoxy) is 2. The van der Waals surface area contributed by atoms with E-state index >= 15 is 0 Å². The van der Waals surface area contributed by atoms with Crippen LogP contribution in [-0.2, 0) is 20.9 Å². The number of carbonyl (C=O) groups is 1. The molecule has 2 atom stereocenters. The second-order valence-electron chi connectivity index (χ2n) is 5.68. The molecule has 1 aromatic heterocycles. The lowest BCUT2D eigenvalue weighted by atomic mass is 9.98. The van der Waals surface area contributed by atoms with Crippen LogP contribution >= 0.6 is 11.3 Å². The molecule has 2 saturated heterocycles. The lowest BCUT2D eigenvalue weighted by Gasteiger charge is -2.22. The van der Waals surface area contributed by atoms with Gasteiger partial charge in [-0.2, -0.15) is 0 Å². The number of rotatable bonds is 3. The minimum atomic E-state index is -0.172. The summed E-state index contributed by atoms with van der Waals surface area (Å²) in [6, 6.07) is 0. The van der Waals surface area contributed by atoms with E-state index in [0.717, 1.165) is 30.1 Å². The zero-order valence-corrected chi connectivity index (χ0v) is 12.7. The van der Waals surface area contributed by atoms with Gasteiger partial charge in [-0.15, -0.1) is 11.3 Å². The van der Waals surface area contributed by atoms with E-state index < -0.39 is 0 Å². The fourth-order valence-electron chi connectivity index (χ4n) is 2.99. The van der Waals surface area contributed by atoms with E-state index in [0.29, 0.717) is 19.8 Å². The van der Waals surface area contributed by atoms with Crippen LogP contribution in [0.15, 0.2) is 5.38 Å². The van der Waals surface area contributed by atoms with Gasteiger partial charge in [-0.1, -0.05) is 0 Å². The molecule has 1 spiro atoms. The first-order valence-electron chi connectivity index (χ1n) is 6.98. The Morgan fingerprint density at radius 1 is 1.70 bits per heavy atom. The van der Waals surface area contributed by atoms with Gasteiger partial charge in [-0.25, -0.2) is 4.98 Å². The molecular weight excluding hydrogens is 276 g/mol. The van der Waals surface area contributed by atoms with Crippen molar-refractivity contribution in [1.29, 1.82) is 0 Å². The van der Waals surface area contributed by atoms with Gasteiger partial charge in [0, 0.05) is 31.8 Å². The number of hydrogen-bond acceptors (Lipinski definition) is 5. The summed E-state index contributed by atoms with van der Waals surface area (Å²) in [5.74, 6) is 0.132. The van der Waals surface area contributed by atoms with E-state index in [2.05, 4.69) is 4.98 Å². The zero-order valence-electron chi connectivity index (χ0n) is 11.9. The number of amides is 1. The van der Waals surface area contributed by atoms with Crippen LogP contribution in [-0.4, -0.2) is 47.2 Å². The first-order valence-corrected chi connectivity index (χ1v) is 7.86. The van der Waals surface area contributed by atoms with Crippen molar-refractivity contribution < 1.29 is 14.3 Å². The minimum Gasteiger partial charge on any atom is -0.370 e. The van der Waals surface area contributed by atoms with Crippen molar-refractivity contribution >= 4 is 17.2 Å². The Bertz CT molecular complexity index is 504. The van der Waals surface area contributed by atoms with Gasteiger partial charge in [0.2, 0.25) is 5.91 Å². The third-order valence-corrected chi connectivity index (χ3v) is 4.89. The van der Waals surface area contributed by atoms with Gasteiger partial charge in [0.05, 0.1) is 35.6 Å². The quantitative estimate of drug-likeness (QED) is 0.852. The molecule has 5 nitrogen and oxygen atoms in total. The van der Waals surface area contributed by atoms with Crippen LogP contribution in [0.4, 0.5) is 0 Å². The molecule has 6 heteroatoms. The molecule has 0 radical (unpaired) electrons. The van der Waals surface area contributed by atoms with Crippen molar-refractivity contribution in [3.63, 3.8) is 0 Å². The fourth-order valence-corrected chi connectivity index (χ4v) is 3.58. The minimum absolute atomic E-state index is 0.115. The Balaban J connectivity index is 1.51. The summed E-state index contributed by atoms with van der Waals surface area (Å²) in [6.07, 6.45) is 1.91. The summed E-state index contributed by atoms with van der Waals surface area (Å²) >= 11 is 1.64.